The molecule has 0 saturated heterocycles. The molecule has 5 heteroatoms. The maximum absolute atomic E-state index is 12.4. The van der Waals surface area contributed by atoms with Crippen molar-refractivity contribution in [2.75, 3.05) is 11.9 Å². The lowest BCUT2D eigenvalue weighted by Crippen LogP contribution is -2.86. The van der Waals surface area contributed by atoms with Gasteiger partial charge in [0.15, 0.2) is 6.54 Å². The van der Waals surface area contributed by atoms with Crippen LogP contribution in [0.5, 0.6) is 0 Å². The molecule has 0 aromatic heterocycles. The van der Waals surface area contributed by atoms with Crippen molar-refractivity contribution in [3.05, 3.63) is 63.1 Å². The molecule has 0 bridgehead atoms. The lowest BCUT2D eigenvalue weighted by Gasteiger charge is -2.17. The highest BCUT2D eigenvalue weighted by Crippen LogP contribution is 2.27. The van der Waals surface area contributed by atoms with Crippen LogP contribution in [0.2, 0.25) is 10.0 Å². The quantitative estimate of drug-likeness (QED) is 0.751. The van der Waals surface area contributed by atoms with Gasteiger partial charge in [-0.2, -0.15) is 0 Å². The second-order valence-corrected chi connectivity index (χ2v) is 7.48. The average Bonchev–Trinajstić information content (AvgIpc) is 2.54. The maximum Gasteiger partial charge on any atom is 0.279 e. The molecule has 3 N–H and O–H groups in total. The van der Waals surface area contributed by atoms with E-state index in [1.54, 1.807) is 6.07 Å². The van der Waals surface area contributed by atoms with Gasteiger partial charge in [-0.3, -0.25) is 4.79 Å². The summed E-state index contributed by atoms with van der Waals surface area (Å²) in [6, 6.07) is 11.6. The number of hydrogen-bond acceptors (Lipinski definition) is 1. The van der Waals surface area contributed by atoms with Crippen molar-refractivity contribution in [3.63, 3.8) is 0 Å². The third-order valence-corrected chi connectivity index (χ3v) is 4.86. The van der Waals surface area contributed by atoms with E-state index in [9.17, 15) is 4.79 Å². The highest BCUT2D eigenvalue weighted by molar-refractivity contribution is 6.35. The highest BCUT2D eigenvalue weighted by Gasteiger charge is 2.17. The fraction of sp³-hybridized carbons (Fsp3) is 0.350. The van der Waals surface area contributed by atoms with Crippen molar-refractivity contribution in [3.8, 4) is 0 Å². The molecule has 0 radical (unpaired) electrons. The zero-order valence-corrected chi connectivity index (χ0v) is 16.6. The van der Waals surface area contributed by atoms with E-state index in [4.69, 9.17) is 23.2 Å². The summed E-state index contributed by atoms with van der Waals surface area (Å²) >= 11 is 12.2. The summed E-state index contributed by atoms with van der Waals surface area (Å²) in [6.45, 7) is 8.62. The van der Waals surface area contributed by atoms with Crippen LogP contribution in [0.1, 0.15) is 49.4 Å². The monoisotopic (exact) mass is 379 g/mol. The van der Waals surface area contributed by atoms with E-state index in [1.807, 2.05) is 43.4 Å². The number of carbonyl (C=O) groups excluding carboxylic acids is 1. The van der Waals surface area contributed by atoms with Gasteiger partial charge >= 0.3 is 0 Å². The van der Waals surface area contributed by atoms with Crippen molar-refractivity contribution in [2.45, 2.75) is 39.7 Å². The molecular weight excluding hydrogens is 355 g/mol. The van der Waals surface area contributed by atoms with E-state index in [0.29, 0.717) is 22.5 Å². The summed E-state index contributed by atoms with van der Waals surface area (Å²) in [7, 11) is 0. The molecule has 0 aliphatic carbocycles. The van der Waals surface area contributed by atoms with E-state index in [1.165, 1.54) is 0 Å². The van der Waals surface area contributed by atoms with E-state index in [-0.39, 0.29) is 11.9 Å². The molecule has 2 aromatic carbocycles. The maximum atomic E-state index is 12.4. The van der Waals surface area contributed by atoms with Gasteiger partial charge in [-0.1, -0.05) is 61.3 Å². The molecule has 134 valence electrons. The van der Waals surface area contributed by atoms with Gasteiger partial charge in [0, 0.05) is 16.3 Å². The molecule has 3 nitrogen and oxygen atoms in total. The number of aryl methyl sites for hydroxylation is 1. The number of hydrogen-bond donors (Lipinski definition) is 2. The predicted molar refractivity (Wildman–Crippen MR) is 106 cm³/mol. The first kappa shape index (κ1) is 19.8. The molecule has 2 aromatic rings. The smallest absolute Gasteiger partial charge is 0.279 e. The third-order valence-electron chi connectivity index (χ3n) is 4.30. The number of nitrogens with one attached hydrogen (secondary N) is 1. The van der Waals surface area contributed by atoms with Gasteiger partial charge in [0.05, 0.1) is 5.02 Å². The topological polar surface area (TPSA) is 45.7 Å². The van der Waals surface area contributed by atoms with Gasteiger partial charge in [-0.15, -0.1) is 0 Å². The summed E-state index contributed by atoms with van der Waals surface area (Å²) in [4.78, 5) is 12.4. The Morgan fingerprint density at radius 1 is 1.12 bits per heavy atom. The Morgan fingerprint density at radius 3 is 2.48 bits per heavy atom. The molecule has 1 atom stereocenters. The van der Waals surface area contributed by atoms with Crippen LogP contribution < -0.4 is 10.6 Å². The number of amides is 1. The Hall–Kier alpha value is -1.55. The average molecular weight is 380 g/mol. The molecule has 0 aliphatic rings. The Balaban J connectivity index is 2.02. The van der Waals surface area contributed by atoms with Crippen LogP contribution in [0.4, 0.5) is 5.69 Å². The zero-order chi connectivity index (χ0) is 18.6. The van der Waals surface area contributed by atoms with Gasteiger partial charge in [0.1, 0.15) is 6.04 Å². The van der Waals surface area contributed by atoms with Crippen molar-refractivity contribution >= 4 is 34.8 Å². The second-order valence-electron chi connectivity index (χ2n) is 6.64. The minimum Gasteiger partial charge on any atom is -0.332 e. The van der Waals surface area contributed by atoms with Crippen LogP contribution in [-0.4, -0.2) is 12.5 Å². The lowest BCUT2D eigenvalue weighted by atomic mass is 9.98. The Morgan fingerprint density at radius 2 is 1.84 bits per heavy atom. The van der Waals surface area contributed by atoms with Gasteiger partial charge in [-0.05, 0) is 43.0 Å². The van der Waals surface area contributed by atoms with E-state index >= 15 is 0 Å². The van der Waals surface area contributed by atoms with E-state index in [0.717, 1.165) is 22.4 Å². The number of anilines is 1. The minimum atomic E-state index is -0.0202. The summed E-state index contributed by atoms with van der Waals surface area (Å²) in [5, 5.41) is 6.27. The molecule has 2 rings (SSSR count). The Bertz CT molecular complexity index is 759. The molecular formula is C20H25Cl2N2O+. The van der Waals surface area contributed by atoms with Crippen molar-refractivity contribution in [1.82, 2.24) is 0 Å². The zero-order valence-electron chi connectivity index (χ0n) is 15.1. The van der Waals surface area contributed by atoms with Crippen molar-refractivity contribution in [2.24, 2.45) is 0 Å². The predicted octanol–water partition coefficient (Wildman–Crippen LogP) is 4.69. The van der Waals surface area contributed by atoms with Gasteiger partial charge < -0.3 is 10.6 Å². The molecule has 0 fully saturated rings. The van der Waals surface area contributed by atoms with Gasteiger partial charge in [0.25, 0.3) is 5.91 Å². The van der Waals surface area contributed by atoms with Crippen LogP contribution in [0.15, 0.2) is 36.4 Å². The highest BCUT2D eigenvalue weighted by atomic mass is 35.5. The number of benzene rings is 2. The molecule has 0 heterocycles. The lowest BCUT2D eigenvalue weighted by molar-refractivity contribution is -0.682. The molecule has 0 spiro atoms. The first-order valence-electron chi connectivity index (χ1n) is 8.47. The standard InChI is InChI=1S/C20H24Cl2N2O/c1-12(2)16-7-5-6-13(3)20(16)24-19(25)11-23-14(4)17-9-8-15(21)10-18(17)22/h5-10,12,14,23H,11H2,1-4H3,(H,24,25)/p+1/t14-/m1/s1. The first-order valence-corrected chi connectivity index (χ1v) is 9.22. The number of para-hydroxylation sites is 1. The van der Waals surface area contributed by atoms with Crippen LogP contribution in [0.3, 0.4) is 0 Å². The number of carbonyl (C=O) groups is 1. The minimum absolute atomic E-state index is 0.0202. The van der Waals surface area contributed by atoms with Gasteiger partial charge in [-0.25, -0.2) is 0 Å². The van der Waals surface area contributed by atoms with Crippen molar-refractivity contribution in [1.29, 1.82) is 0 Å². The number of rotatable bonds is 6. The molecule has 25 heavy (non-hydrogen) atoms. The number of halogens is 2. The Labute approximate surface area is 159 Å². The van der Waals surface area contributed by atoms with Crippen molar-refractivity contribution < 1.29 is 10.1 Å². The van der Waals surface area contributed by atoms with Crippen LogP contribution >= 0.6 is 23.2 Å². The van der Waals surface area contributed by atoms with Crippen LogP contribution in [0.25, 0.3) is 0 Å². The van der Waals surface area contributed by atoms with Gasteiger partial charge in [0.2, 0.25) is 0 Å². The summed E-state index contributed by atoms with van der Waals surface area (Å²) < 4.78 is 0. The first-order chi connectivity index (χ1) is 11.8. The SMILES string of the molecule is Cc1cccc(C(C)C)c1NC(=O)C[NH2+][C@H](C)c1ccc(Cl)cc1Cl. The largest absolute Gasteiger partial charge is 0.332 e. The molecule has 0 saturated carbocycles. The Kier molecular flexibility index (Phi) is 6.88. The van der Waals surface area contributed by atoms with E-state index in [2.05, 4.69) is 25.2 Å². The third kappa shape index (κ3) is 5.21. The van der Waals surface area contributed by atoms with Crippen LogP contribution in [0, 0.1) is 6.92 Å². The fourth-order valence-corrected chi connectivity index (χ4v) is 3.39. The second kappa shape index (κ2) is 8.70. The summed E-state index contributed by atoms with van der Waals surface area (Å²) in [6.07, 6.45) is 0. The number of quaternary nitrogens is 1. The number of nitrogens with two attached hydrogens (primary N) is 1. The fourth-order valence-electron chi connectivity index (χ4n) is 2.81. The van der Waals surface area contributed by atoms with Crippen LogP contribution in [-0.2, 0) is 4.79 Å². The molecule has 0 aliphatic heterocycles. The summed E-state index contributed by atoms with van der Waals surface area (Å²) in [5.74, 6) is 0.333. The molecule has 1 amide bonds. The van der Waals surface area contributed by atoms with E-state index < -0.39 is 0 Å². The molecule has 0 unspecified atom stereocenters. The summed E-state index contributed by atoms with van der Waals surface area (Å²) in [5.41, 5.74) is 4.13. The normalized spacial score (nSPS) is 12.3.